The molecule has 1 aromatic carbocycles. The molecule has 1 aromatic rings. The van der Waals surface area contributed by atoms with Crippen molar-refractivity contribution in [3.63, 3.8) is 0 Å². The number of fused-ring (bicyclic) bond motifs is 2. The van der Waals surface area contributed by atoms with E-state index >= 15 is 0 Å². The molecule has 3 heteroatoms. The number of benzene rings is 1. The summed E-state index contributed by atoms with van der Waals surface area (Å²) in [5.41, 5.74) is 2.80. The lowest BCUT2D eigenvalue weighted by Gasteiger charge is -2.25. The summed E-state index contributed by atoms with van der Waals surface area (Å²) in [7, 11) is 0. The second kappa shape index (κ2) is 3.39. The maximum atomic E-state index is 13.8. The van der Waals surface area contributed by atoms with Gasteiger partial charge in [0, 0.05) is 15.6 Å². The lowest BCUT2D eigenvalue weighted by molar-refractivity contribution is 0.596. The molecular formula is C13H13BrFN. The molecule has 1 aliphatic heterocycles. The molecule has 1 saturated carbocycles. The minimum atomic E-state index is -0.201. The largest absolute Gasteiger partial charge is 0.254 e. The third-order valence-electron chi connectivity index (χ3n) is 3.97. The second-order valence-corrected chi connectivity index (χ2v) is 5.69. The first kappa shape index (κ1) is 10.5. The van der Waals surface area contributed by atoms with Crippen molar-refractivity contribution >= 4 is 27.3 Å². The van der Waals surface area contributed by atoms with Gasteiger partial charge in [0.25, 0.3) is 0 Å². The molecule has 16 heavy (non-hydrogen) atoms. The van der Waals surface area contributed by atoms with Crippen molar-refractivity contribution in [1.29, 1.82) is 0 Å². The Balaban J connectivity index is 2.25. The van der Waals surface area contributed by atoms with Crippen LogP contribution in [0.5, 0.6) is 0 Å². The van der Waals surface area contributed by atoms with Crippen LogP contribution in [0.2, 0.25) is 0 Å². The zero-order valence-electron chi connectivity index (χ0n) is 9.19. The molecule has 0 unspecified atom stereocenters. The maximum absolute atomic E-state index is 13.8. The molecule has 0 aromatic heterocycles. The number of hydrogen-bond acceptors (Lipinski definition) is 1. The fraction of sp³-hybridized carbons (Fsp3) is 0.462. The Kier molecular flexibility index (Phi) is 2.22. The van der Waals surface area contributed by atoms with Crippen molar-refractivity contribution in [3.8, 4) is 0 Å². The van der Waals surface area contributed by atoms with Crippen molar-refractivity contribution in [2.45, 2.75) is 38.0 Å². The zero-order valence-corrected chi connectivity index (χ0v) is 10.8. The van der Waals surface area contributed by atoms with Gasteiger partial charge >= 0.3 is 0 Å². The summed E-state index contributed by atoms with van der Waals surface area (Å²) in [5.74, 6) is -0.201. The van der Waals surface area contributed by atoms with Gasteiger partial charge in [0.2, 0.25) is 0 Å². The Morgan fingerprint density at radius 2 is 2.00 bits per heavy atom. The van der Waals surface area contributed by atoms with Crippen LogP contribution in [-0.2, 0) is 5.41 Å². The molecule has 1 heterocycles. The van der Waals surface area contributed by atoms with Crippen LogP contribution in [0.1, 0.15) is 38.2 Å². The predicted octanol–water partition coefficient (Wildman–Crippen LogP) is 4.51. The van der Waals surface area contributed by atoms with E-state index in [0.717, 1.165) is 28.6 Å². The van der Waals surface area contributed by atoms with Gasteiger partial charge in [-0.05, 0) is 37.5 Å². The SMILES string of the molecule is CC1=Nc2c(F)cc(Br)cc2C12CCCC2. The fourth-order valence-corrected chi connectivity index (χ4v) is 3.55. The normalized spacial score (nSPS) is 21.3. The summed E-state index contributed by atoms with van der Waals surface area (Å²) in [6.45, 7) is 2.04. The minimum absolute atomic E-state index is 0.0416. The molecule has 1 nitrogen and oxygen atoms in total. The van der Waals surface area contributed by atoms with E-state index in [4.69, 9.17) is 0 Å². The molecule has 0 radical (unpaired) electrons. The van der Waals surface area contributed by atoms with E-state index in [-0.39, 0.29) is 11.2 Å². The molecule has 1 fully saturated rings. The first-order chi connectivity index (χ1) is 7.63. The van der Waals surface area contributed by atoms with Crippen LogP contribution in [0.15, 0.2) is 21.6 Å². The highest BCUT2D eigenvalue weighted by molar-refractivity contribution is 9.10. The molecule has 84 valence electrons. The molecule has 1 spiro atoms. The van der Waals surface area contributed by atoms with Crippen molar-refractivity contribution in [3.05, 3.63) is 28.0 Å². The number of aliphatic imine (C=N–C) groups is 1. The zero-order chi connectivity index (χ0) is 11.3. The standard InChI is InChI=1S/C13H13BrFN/c1-8-13(4-2-3-5-13)10-6-9(14)7-11(15)12(10)16-8/h6-7H,2-5H2,1H3. The average Bonchev–Trinajstić information content (AvgIpc) is 2.79. The molecule has 0 amide bonds. The highest BCUT2D eigenvalue weighted by Gasteiger charge is 2.44. The van der Waals surface area contributed by atoms with Gasteiger partial charge in [-0.3, -0.25) is 4.99 Å². The molecular weight excluding hydrogens is 269 g/mol. The summed E-state index contributed by atoms with van der Waals surface area (Å²) >= 11 is 3.38. The minimum Gasteiger partial charge on any atom is -0.254 e. The average molecular weight is 282 g/mol. The van der Waals surface area contributed by atoms with Gasteiger partial charge in [-0.2, -0.15) is 0 Å². The van der Waals surface area contributed by atoms with Gasteiger partial charge in [0.1, 0.15) is 11.5 Å². The summed E-state index contributed by atoms with van der Waals surface area (Å²) in [6.07, 6.45) is 4.68. The van der Waals surface area contributed by atoms with Crippen LogP contribution in [0.25, 0.3) is 0 Å². The van der Waals surface area contributed by atoms with Crippen LogP contribution in [-0.4, -0.2) is 5.71 Å². The van der Waals surface area contributed by atoms with E-state index in [1.54, 1.807) is 0 Å². The Labute approximate surface area is 103 Å². The number of hydrogen-bond donors (Lipinski definition) is 0. The summed E-state index contributed by atoms with van der Waals surface area (Å²) in [5, 5.41) is 0. The molecule has 3 rings (SSSR count). The van der Waals surface area contributed by atoms with Crippen molar-refractivity contribution in [1.82, 2.24) is 0 Å². The third-order valence-corrected chi connectivity index (χ3v) is 4.43. The molecule has 1 aliphatic carbocycles. The van der Waals surface area contributed by atoms with E-state index in [2.05, 4.69) is 20.9 Å². The quantitative estimate of drug-likeness (QED) is 0.664. The first-order valence-corrected chi connectivity index (χ1v) is 6.48. The van der Waals surface area contributed by atoms with Crippen LogP contribution in [0.4, 0.5) is 10.1 Å². The Hall–Kier alpha value is -0.700. The van der Waals surface area contributed by atoms with E-state index < -0.39 is 0 Å². The Morgan fingerprint density at radius 1 is 1.31 bits per heavy atom. The van der Waals surface area contributed by atoms with E-state index in [1.165, 1.54) is 18.9 Å². The molecule has 0 atom stereocenters. The molecule has 0 saturated heterocycles. The summed E-state index contributed by atoms with van der Waals surface area (Å²) < 4.78 is 14.6. The lowest BCUT2D eigenvalue weighted by Crippen LogP contribution is -2.27. The lowest BCUT2D eigenvalue weighted by atomic mass is 9.76. The summed E-state index contributed by atoms with van der Waals surface area (Å²) in [6, 6.07) is 3.55. The highest BCUT2D eigenvalue weighted by atomic mass is 79.9. The van der Waals surface area contributed by atoms with E-state index in [0.29, 0.717) is 5.69 Å². The van der Waals surface area contributed by atoms with Crippen molar-refractivity contribution in [2.75, 3.05) is 0 Å². The number of halogens is 2. The topological polar surface area (TPSA) is 12.4 Å². The Bertz CT molecular complexity index is 487. The fourth-order valence-electron chi connectivity index (χ4n) is 3.12. The summed E-state index contributed by atoms with van der Waals surface area (Å²) in [4.78, 5) is 4.45. The van der Waals surface area contributed by atoms with Crippen LogP contribution < -0.4 is 0 Å². The van der Waals surface area contributed by atoms with Crippen LogP contribution in [0.3, 0.4) is 0 Å². The van der Waals surface area contributed by atoms with Gasteiger partial charge in [-0.25, -0.2) is 4.39 Å². The molecule has 2 aliphatic rings. The number of nitrogens with zero attached hydrogens (tertiary/aromatic N) is 1. The molecule has 0 N–H and O–H groups in total. The second-order valence-electron chi connectivity index (χ2n) is 4.77. The third kappa shape index (κ3) is 1.24. The van der Waals surface area contributed by atoms with E-state index in [1.807, 2.05) is 13.0 Å². The van der Waals surface area contributed by atoms with Crippen LogP contribution in [0, 0.1) is 5.82 Å². The number of rotatable bonds is 0. The monoisotopic (exact) mass is 281 g/mol. The van der Waals surface area contributed by atoms with Gasteiger partial charge in [0.05, 0.1) is 0 Å². The smallest absolute Gasteiger partial charge is 0.150 e. The predicted molar refractivity (Wildman–Crippen MR) is 67.0 cm³/mol. The van der Waals surface area contributed by atoms with Gasteiger partial charge in [0.15, 0.2) is 0 Å². The van der Waals surface area contributed by atoms with E-state index in [9.17, 15) is 4.39 Å². The molecule has 0 bridgehead atoms. The van der Waals surface area contributed by atoms with Gasteiger partial charge in [-0.15, -0.1) is 0 Å². The maximum Gasteiger partial charge on any atom is 0.150 e. The highest BCUT2D eigenvalue weighted by Crippen LogP contribution is 2.51. The first-order valence-electron chi connectivity index (χ1n) is 5.69. The van der Waals surface area contributed by atoms with Gasteiger partial charge < -0.3 is 0 Å². The van der Waals surface area contributed by atoms with Gasteiger partial charge in [-0.1, -0.05) is 28.8 Å². The Morgan fingerprint density at radius 3 is 2.69 bits per heavy atom. The van der Waals surface area contributed by atoms with Crippen molar-refractivity contribution in [2.24, 2.45) is 4.99 Å². The van der Waals surface area contributed by atoms with Crippen LogP contribution >= 0.6 is 15.9 Å². The van der Waals surface area contributed by atoms with Crippen molar-refractivity contribution < 1.29 is 4.39 Å².